The number of aryl methyl sites for hydroxylation is 1. The van der Waals surface area contributed by atoms with Crippen LogP contribution in [0.1, 0.15) is 0 Å². The molecule has 0 amide bonds. The zero-order valence-electron chi connectivity index (χ0n) is 8.14. The summed E-state index contributed by atoms with van der Waals surface area (Å²) in [7, 11) is 1.91. The Morgan fingerprint density at radius 1 is 1.20 bits per heavy atom. The summed E-state index contributed by atoms with van der Waals surface area (Å²) in [5, 5.41) is 4.35. The van der Waals surface area contributed by atoms with Crippen LogP contribution in [0.15, 0.2) is 41.0 Å². The topological polar surface area (TPSA) is 49.3 Å². The van der Waals surface area contributed by atoms with Crippen LogP contribution in [0, 0.1) is 0 Å². The van der Waals surface area contributed by atoms with Crippen LogP contribution in [0.3, 0.4) is 0 Å². The molecule has 0 aliphatic heterocycles. The highest BCUT2D eigenvalue weighted by molar-refractivity contribution is 9.10. The standard InChI is InChI=1S/C10H9BrN2.ClH.H2O/c1-13-7-9(11)10(12-13)8-5-3-2-4-6-8;;/h2-7H,1H3;1H;1H2. The van der Waals surface area contributed by atoms with Gasteiger partial charge in [0, 0.05) is 18.8 Å². The Labute approximate surface area is 103 Å². The van der Waals surface area contributed by atoms with Crippen molar-refractivity contribution in [3.8, 4) is 11.3 Å². The molecule has 0 saturated heterocycles. The molecule has 82 valence electrons. The molecule has 1 heterocycles. The Morgan fingerprint density at radius 3 is 2.27 bits per heavy atom. The van der Waals surface area contributed by atoms with Gasteiger partial charge in [-0.1, -0.05) is 30.3 Å². The lowest BCUT2D eigenvalue weighted by Gasteiger charge is -1.95. The minimum Gasteiger partial charge on any atom is -0.412 e. The predicted octanol–water partition coefficient (Wildman–Crippen LogP) is 2.45. The Bertz CT molecular complexity index is 417. The van der Waals surface area contributed by atoms with Gasteiger partial charge in [0.1, 0.15) is 5.69 Å². The largest absolute Gasteiger partial charge is 0.412 e. The fourth-order valence-electron chi connectivity index (χ4n) is 1.25. The molecule has 5 heteroatoms. The normalized spacial score (nSPS) is 8.93. The van der Waals surface area contributed by atoms with E-state index in [2.05, 4.69) is 21.0 Å². The van der Waals surface area contributed by atoms with Gasteiger partial charge in [-0.3, -0.25) is 4.68 Å². The second-order valence-electron chi connectivity index (χ2n) is 2.87. The summed E-state index contributed by atoms with van der Waals surface area (Å²) in [5.74, 6) is 0. The van der Waals surface area contributed by atoms with Gasteiger partial charge in [-0.2, -0.15) is 5.10 Å². The predicted molar refractivity (Wildman–Crippen MR) is 67.2 cm³/mol. The van der Waals surface area contributed by atoms with Crippen LogP contribution in [-0.2, 0) is 7.05 Å². The number of aromatic nitrogens is 2. The van der Waals surface area contributed by atoms with Crippen molar-refractivity contribution in [1.82, 2.24) is 9.78 Å². The second-order valence-corrected chi connectivity index (χ2v) is 3.72. The Hall–Kier alpha value is -0.840. The van der Waals surface area contributed by atoms with Crippen molar-refractivity contribution in [3.05, 3.63) is 41.0 Å². The van der Waals surface area contributed by atoms with Crippen LogP contribution < -0.4 is 0 Å². The number of halogens is 2. The lowest BCUT2D eigenvalue weighted by atomic mass is 10.2. The summed E-state index contributed by atoms with van der Waals surface area (Å²) in [4.78, 5) is 0. The molecular weight excluding hydrogens is 279 g/mol. The van der Waals surface area contributed by atoms with E-state index in [1.54, 1.807) is 4.68 Å². The molecule has 0 aliphatic rings. The summed E-state index contributed by atoms with van der Waals surface area (Å²) in [6, 6.07) is 10.1. The highest BCUT2D eigenvalue weighted by Crippen LogP contribution is 2.25. The Morgan fingerprint density at radius 2 is 1.80 bits per heavy atom. The summed E-state index contributed by atoms with van der Waals surface area (Å²) >= 11 is 3.47. The molecule has 15 heavy (non-hydrogen) atoms. The summed E-state index contributed by atoms with van der Waals surface area (Å²) in [6.45, 7) is 0. The van der Waals surface area contributed by atoms with Gasteiger partial charge in [-0.15, -0.1) is 12.4 Å². The van der Waals surface area contributed by atoms with E-state index < -0.39 is 0 Å². The second kappa shape index (κ2) is 5.90. The third-order valence-electron chi connectivity index (χ3n) is 1.83. The summed E-state index contributed by atoms with van der Waals surface area (Å²) in [6.07, 6.45) is 1.95. The zero-order chi connectivity index (χ0) is 9.26. The van der Waals surface area contributed by atoms with Gasteiger partial charge in [0.25, 0.3) is 0 Å². The van der Waals surface area contributed by atoms with Gasteiger partial charge in [0.05, 0.1) is 4.47 Å². The van der Waals surface area contributed by atoms with E-state index in [9.17, 15) is 0 Å². The maximum atomic E-state index is 4.35. The van der Waals surface area contributed by atoms with Crippen LogP contribution in [-0.4, -0.2) is 15.3 Å². The van der Waals surface area contributed by atoms with Gasteiger partial charge >= 0.3 is 0 Å². The molecule has 0 fully saturated rings. The first-order chi connectivity index (χ1) is 6.27. The quantitative estimate of drug-likeness (QED) is 0.796. The van der Waals surface area contributed by atoms with Gasteiger partial charge in [-0.25, -0.2) is 0 Å². The first-order valence-corrected chi connectivity index (χ1v) is 4.81. The monoisotopic (exact) mass is 290 g/mol. The highest BCUT2D eigenvalue weighted by Gasteiger charge is 2.05. The van der Waals surface area contributed by atoms with Crippen LogP contribution in [0.5, 0.6) is 0 Å². The van der Waals surface area contributed by atoms with E-state index >= 15 is 0 Å². The molecule has 1 aromatic carbocycles. The van der Waals surface area contributed by atoms with Gasteiger partial charge in [0.15, 0.2) is 0 Å². The zero-order valence-corrected chi connectivity index (χ0v) is 10.5. The fraction of sp³-hybridized carbons (Fsp3) is 0.100. The highest BCUT2D eigenvalue weighted by atomic mass is 79.9. The van der Waals surface area contributed by atoms with Crippen molar-refractivity contribution in [2.24, 2.45) is 7.05 Å². The minimum atomic E-state index is 0. The van der Waals surface area contributed by atoms with Gasteiger partial charge in [0.2, 0.25) is 0 Å². The van der Waals surface area contributed by atoms with E-state index in [0.29, 0.717) is 0 Å². The van der Waals surface area contributed by atoms with Crippen molar-refractivity contribution >= 4 is 28.3 Å². The van der Waals surface area contributed by atoms with Crippen LogP contribution in [0.4, 0.5) is 0 Å². The molecule has 2 rings (SSSR count). The van der Waals surface area contributed by atoms with E-state index in [-0.39, 0.29) is 17.9 Å². The molecular formula is C10H12BrClN2O. The average molecular weight is 292 g/mol. The summed E-state index contributed by atoms with van der Waals surface area (Å²) in [5.41, 5.74) is 2.12. The van der Waals surface area contributed by atoms with Crippen LogP contribution >= 0.6 is 28.3 Å². The number of hydrogen-bond donors (Lipinski definition) is 0. The minimum absolute atomic E-state index is 0. The van der Waals surface area contributed by atoms with Gasteiger partial charge in [-0.05, 0) is 15.9 Å². The van der Waals surface area contributed by atoms with E-state index in [0.717, 1.165) is 15.7 Å². The van der Waals surface area contributed by atoms with Crippen molar-refractivity contribution in [2.75, 3.05) is 0 Å². The average Bonchev–Trinajstić information content (AvgIpc) is 2.47. The van der Waals surface area contributed by atoms with Crippen molar-refractivity contribution in [2.45, 2.75) is 0 Å². The molecule has 2 aromatic rings. The number of benzene rings is 1. The lowest BCUT2D eigenvalue weighted by molar-refractivity contribution is 0.770. The molecule has 3 nitrogen and oxygen atoms in total. The molecule has 0 bridgehead atoms. The number of nitrogens with zero attached hydrogens (tertiary/aromatic N) is 2. The first-order valence-electron chi connectivity index (χ1n) is 4.02. The number of rotatable bonds is 1. The molecule has 0 radical (unpaired) electrons. The van der Waals surface area contributed by atoms with E-state index in [1.807, 2.05) is 43.6 Å². The maximum Gasteiger partial charge on any atom is 0.106 e. The first kappa shape index (κ1) is 14.2. The molecule has 2 N–H and O–H groups in total. The molecule has 0 unspecified atom stereocenters. The van der Waals surface area contributed by atoms with Crippen LogP contribution in [0.25, 0.3) is 11.3 Å². The Balaban J connectivity index is 0.000000980. The van der Waals surface area contributed by atoms with Crippen molar-refractivity contribution < 1.29 is 5.48 Å². The van der Waals surface area contributed by atoms with Crippen molar-refractivity contribution in [1.29, 1.82) is 0 Å². The summed E-state index contributed by atoms with van der Waals surface area (Å²) < 4.78 is 2.83. The molecule has 0 aliphatic carbocycles. The fourth-order valence-corrected chi connectivity index (χ4v) is 1.86. The Kier molecular flexibility index (Phi) is 5.57. The third kappa shape index (κ3) is 3.06. The molecule has 0 saturated carbocycles. The van der Waals surface area contributed by atoms with E-state index in [1.165, 1.54) is 0 Å². The van der Waals surface area contributed by atoms with E-state index in [4.69, 9.17) is 0 Å². The molecule has 1 aromatic heterocycles. The smallest absolute Gasteiger partial charge is 0.106 e. The molecule has 0 atom stereocenters. The third-order valence-corrected chi connectivity index (χ3v) is 2.41. The van der Waals surface area contributed by atoms with Crippen molar-refractivity contribution in [3.63, 3.8) is 0 Å². The SMILES string of the molecule is Cl.Cn1cc(Br)c(-c2ccccc2)n1.O. The lowest BCUT2D eigenvalue weighted by Crippen LogP contribution is -1.87. The van der Waals surface area contributed by atoms with Gasteiger partial charge < -0.3 is 5.48 Å². The van der Waals surface area contributed by atoms with Crippen LogP contribution in [0.2, 0.25) is 0 Å². The maximum absolute atomic E-state index is 4.35. The number of hydrogen-bond acceptors (Lipinski definition) is 1. The molecule has 0 spiro atoms.